The molecule has 2 aromatic carbocycles. The summed E-state index contributed by atoms with van der Waals surface area (Å²) in [6, 6.07) is 9.16. The molecule has 3 nitrogen and oxygen atoms in total. The lowest BCUT2D eigenvalue weighted by Crippen LogP contribution is -2.01. The van der Waals surface area contributed by atoms with Crippen molar-refractivity contribution in [2.24, 2.45) is 0 Å². The molecule has 0 radical (unpaired) electrons. The number of hydrogen-bond donors (Lipinski definition) is 1. The van der Waals surface area contributed by atoms with Crippen molar-refractivity contribution in [3.63, 3.8) is 0 Å². The molecule has 0 fully saturated rings. The van der Waals surface area contributed by atoms with E-state index in [2.05, 4.69) is 0 Å². The molecule has 2 rings (SSSR count). The van der Waals surface area contributed by atoms with Gasteiger partial charge in [-0.2, -0.15) is 0 Å². The molecule has 21 heavy (non-hydrogen) atoms. The van der Waals surface area contributed by atoms with Gasteiger partial charge >= 0.3 is 0 Å². The number of aryl methyl sites for hydroxylation is 2. The summed E-state index contributed by atoms with van der Waals surface area (Å²) in [7, 11) is 1.57. The number of methoxy groups -OCH3 is 1. The van der Waals surface area contributed by atoms with Gasteiger partial charge in [0.15, 0.2) is 0 Å². The molecule has 0 bridgehead atoms. The summed E-state index contributed by atoms with van der Waals surface area (Å²) in [6.45, 7) is 5.57. The van der Waals surface area contributed by atoms with E-state index >= 15 is 0 Å². The zero-order valence-electron chi connectivity index (χ0n) is 12.6. The lowest BCUT2D eigenvalue weighted by Gasteiger charge is -2.18. The van der Waals surface area contributed by atoms with Crippen LogP contribution in [0.25, 0.3) is 0 Å². The molecule has 0 aliphatic heterocycles. The minimum atomic E-state index is -0.691. The standard InChI is InChI=1S/C17H19ClO3/c1-10-8-13(18)9-11(2)17(10)21-15-7-5-6-14(20-4)16(15)12(3)19/h5-9,12,19H,1-4H3/t12-/m0/s1. The summed E-state index contributed by atoms with van der Waals surface area (Å²) in [5.74, 6) is 1.93. The topological polar surface area (TPSA) is 38.7 Å². The van der Waals surface area contributed by atoms with Gasteiger partial charge in [0.05, 0.1) is 18.8 Å². The molecule has 1 atom stereocenters. The number of ether oxygens (including phenoxy) is 2. The SMILES string of the molecule is COc1cccc(Oc2c(C)cc(Cl)cc2C)c1[C@H](C)O. The average molecular weight is 307 g/mol. The van der Waals surface area contributed by atoms with E-state index in [-0.39, 0.29) is 0 Å². The normalized spacial score (nSPS) is 12.1. The number of aliphatic hydroxyl groups is 1. The summed E-state index contributed by atoms with van der Waals surface area (Å²) in [5, 5.41) is 10.7. The molecule has 0 aromatic heterocycles. The van der Waals surface area contributed by atoms with Gasteiger partial charge in [0.1, 0.15) is 17.2 Å². The van der Waals surface area contributed by atoms with Crippen LogP contribution in [0.3, 0.4) is 0 Å². The van der Waals surface area contributed by atoms with Gasteiger partial charge in [-0.25, -0.2) is 0 Å². The Kier molecular flexibility index (Phi) is 4.76. The van der Waals surface area contributed by atoms with Gasteiger partial charge in [0.25, 0.3) is 0 Å². The van der Waals surface area contributed by atoms with Crippen LogP contribution in [0.2, 0.25) is 5.02 Å². The van der Waals surface area contributed by atoms with Gasteiger partial charge in [-0.05, 0) is 56.2 Å². The molecule has 2 aromatic rings. The Hall–Kier alpha value is -1.71. The first-order chi connectivity index (χ1) is 9.93. The molecule has 0 saturated heterocycles. The summed E-state index contributed by atoms with van der Waals surface area (Å²) in [6.07, 6.45) is -0.691. The quantitative estimate of drug-likeness (QED) is 0.881. The van der Waals surface area contributed by atoms with Crippen LogP contribution in [-0.2, 0) is 0 Å². The minimum absolute atomic E-state index is 0.581. The van der Waals surface area contributed by atoms with E-state index in [1.807, 2.05) is 38.1 Å². The van der Waals surface area contributed by atoms with Crippen molar-refractivity contribution >= 4 is 11.6 Å². The van der Waals surface area contributed by atoms with Crippen LogP contribution in [-0.4, -0.2) is 12.2 Å². The third-order valence-electron chi connectivity index (χ3n) is 3.30. The molecule has 0 heterocycles. The molecule has 1 N–H and O–H groups in total. The van der Waals surface area contributed by atoms with Gasteiger partial charge in [0.2, 0.25) is 0 Å². The van der Waals surface area contributed by atoms with Crippen molar-refractivity contribution in [2.75, 3.05) is 7.11 Å². The maximum atomic E-state index is 10.00. The van der Waals surface area contributed by atoms with Crippen molar-refractivity contribution < 1.29 is 14.6 Å². The third-order valence-corrected chi connectivity index (χ3v) is 3.52. The van der Waals surface area contributed by atoms with Crippen LogP contribution < -0.4 is 9.47 Å². The zero-order valence-corrected chi connectivity index (χ0v) is 13.4. The van der Waals surface area contributed by atoms with Crippen LogP contribution in [0.15, 0.2) is 30.3 Å². The van der Waals surface area contributed by atoms with E-state index in [4.69, 9.17) is 21.1 Å². The second-order valence-electron chi connectivity index (χ2n) is 5.02. The van der Waals surface area contributed by atoms with Crippen molar-refractivity contribution in [2.45, 2.75) is 26.9 Å². The van der Waals surface area contributed by atoms with E-state index in [0.29, 0.717) is 22.1 Å². The summed E-state index contributed by atoms with van der Waals surface area (Å²) >= 11 is 6.04. The van der Waals surface area contributed by atoms with Crippen molar-refractivity contribution in [3.05, 3.63) is 52.0 Å². The second kappa shape index (κ2) is 6.37. The highest BCUT2D eigenvalue weighted by Crippen LogP contribution is 2.38. The van der Waals surface area contributed by atoms with E-state index < -0.39 is 6.10 Å². The fourth-order valence-corrected chi connectivity index (χ4v) is 2.70. The van der Waals surface area contributed by atoms with E-state index in [1.165, 1.54) is 0 Å². The lowest BCUT2D eigenvalue weighted by atomic mass is 10.1. The Labute approximate surface area is 130 Å². The van der Waals surface area contributed by atoms with Crippen molar-refractivity contribution in [3.8, 4) is 17.2 Å². The van der Waals surface area contributed by atoms with E-state index in [0.717, 1.165) is 16.9 Å². The maximum absolute atomic E-state index is 10.00. The first kappa shape index (κ1) is 15.7. The number of hydrogen-bond acceptors (Lipinski definition) is 3. The number of benzene rings is 2. The van der Waals surface area contributed by atoms with Crippen LogP contribution in [0, 0.1) is 13.8 Å². The van der Waals surface area contributed by atoms with Crippen LogP contribution in [0.4, 0.5) is 0 Å². The smallest absolute Gasteiger partial charge is 0.136 e. The molecule has 4 heteroatoms. The molecular formula is C17H19ClO3. The van der Waals surface area contributed by atoms with Crippen molar-refractivity contribution in [1.29, 1.82) is 0 Å². The van der Waals surface area contributed by atoms with Gasteiger partial charge in [0, 0.05) is 5.02 Å². The van der Waals surface area contributed by atoms with Crippen LogP contribution >= 0.6 is 11.6 Å². The largest absolute Gasteiger partial charge is 0.496 e. The fourth-order valence-electron chi connectivity index (χ4n) is 2.37. The number of aliphatic hydroxyl groups excluding tert-OH is 1. The Morgan fingerprint density at radius 3 is 2.19 bits per heavy atom. The number of halogens is 1. The lowest BCUT2D eigenvalue weighted by molar-refractivity contribution is 0.190. The molecule has 0 spiro atoms. The molecule has 0 aliphatic carbocycles. The Morgan fingerprint density at radius 1 is 1.10 bits per heavy atom. The Bertz CT molecular complexity index is 627. The maximum Gasteiger partial charge on any atom is 0.136 e. The molecule has 0 saturated carbocycles. The van der Waals surface area contributed by atoms with Crippen molar-refractivity contribution in [1.82, 2.24) is 0 Å². The predicted molar refractivity (Wildman–Crippen MR) is 84.6 cm³/mol. The Morgan fingerprint density at radius 2 is 1.67 bits per heavy atom. The highest BCUT2D eigenvalue weighted by Gasteiger charge is 2.17. The van der Waals surface area contributed by atoms with Crippen LogP contribution in [0.5, 0.6) is 17.2 Å². The highest BCUT2D eigenvalue weighted by molar-refractivity contribution is 6.30. The van der Waals surface area contributed by atoms with E-state index in [1.54, 1.807) is 20.1 Å². The van der Waals surface area contributed by atoms with Gasteiger partial charge in [-0.3, -0.25) is 0 Å². The highest BCUT2D eigenvalue weighted by atomic mass is 35.5. The Balaban J connectivity index is 2.50. The summed E-state index contributed by atoms with van der Waals surface area (Å²) in [5.41, 5.74) is 2.52. The molecule has 0 amide bonds. The third kappa shape index (κ3) is 3.31. The summed E-state index contributed by atoms with van der Waals surface area (Å²) in [4.78, 5) is 0. The molecular weight excluding hydrogens is 288 g/mol. The first-order valence-electron chi connectivity index (χ1n) is 6.73. The van der Waals surface area contributed by atoms with E-state index in [9.17, 15) is 5.11 Å². The minimum Gasteiger partial charge on any atom is -0.496 e. The van der Waals surface area contributed by atoms with Gasteiger partial charge < -0.3 is 14.6 Å². The monoisotopic (exact) mass is 306 g/mol. The first-order valence-corrected chi connectivity index (χ1v) is 7.11. The molecule has 0 unspecified atom stereocenters. The van der Waals surface area contributed by atoms with Gasteiger partial charge in [-0.15, -0.1) is 0 Å². The number of rotatable bonds is 4. The molecule has 0 aliphatic rings. The van der Waals surface area contributed by atoms with Crippen LogP contribution in [0.1, 0.15) is 29.7 Å². The van der Waals surface area contributed by atoms with Gasteiger partial charge in [-0.1, -0.05) is 17.7 Å². The average Bonchev–Trinajstić information content (AvgIpc) is 2.42. The second-order valence-corrected chi connectivity index (χ2v) is 5.46. The predicted octanol–water partition coefficient (Wildman–Crippen LogP) is 4.81. The molecule has 112 valence electrons. The fraction of sp³-hybridized carbons (Fsp3) is 0.294. The summed E-state index contributed by atoms with van der Waals surface area (Å²) < 4.78 is 11.3. The zero-order chi connectivity index (χ0) is 15.6.